The smallest absolute Gasteiger partial charge is 0.266 e. The first kappa shape index (κ1) is 62.8. The van der Waals surface area contributed by atoms with Crippen molar-refractivity contribution >= 4 is 78.1 Å². The first-order valence-corrected chi connectivity index (χ1v) is 32.3. The molecule has 476 valence electrons. The fraction of sp³-hybridized carbons (Fsp3) is 0.250. The third-order valence-corrected chi connectivity index (χ3v) is 18.2. The second-order valence-corrected chi connectivity index (χ2v) is 25.6. The minimum atomic E-state index is -0.602. The van der Waals surface area contributed by atoms with Crippen LogP contribution in [0.4, 0.5) is 11.4 Å². The van der Waals surface area contributed by atoms with E-state index in [4.69, 9.17) is 18.9 Å². The first-order valence-electron chi connectivity index (χ1n) is 32.3. The van der Waals surface area contributed by atoms with E-state index in [2.05, 4.69) is 0 Å². The third kappa shape index (κ3) is 10.9. The zero-order valence-corrected chi connectivity index (χ0v) is 53.9. The zero-order valence-electron chi connectivity index (χ0n) is 53.9. The molecule has 0 spiro atoms. The number of aliphatic hydroxyl groups is 4. The van der Waals surface area contributed by atoms with Crippen LogP contribution < -0.4 is 28.7 Å². The number of imide groups is 2. The van der Waals surface area contributed by atoms with Crippen molar-refractivity contribution in [2.75, 3.05) is 36.2 Å². The molecular formula is C80H74N2O12. The van der Waals surface area contributed by atoms with Crippen molar-refractivity contribution in [1.29, 1.82) is 0 Å². The van der Waals surface area contributed by atoms with E-state index in [9.17, 15) is 20.4 Å². The van der Waals surface area contributed by atoms with Crippen molar-refractivity contribution < 1.29 is 58.6 Å². The van der Waals surface area contributed by atoms with Gasteiger partial charge in [0.25, 0.3) is 23.6 Å². The van der Waals surface area contributed by atoms with E-state index >= 15 is 19.2 Å². The normalized spacial score (nSPS) is 13.2. The molecule has 0 saturated heterocycles. The van der Waals surface area contributed by atoms with Gasteiger partial charge in [-0.15, -0.1) is 0 Å². The molecule has 0 bridgehead atoms. The maximum atomic E-state index is 16.4. The molecule has 94 heavy (non-hydrogen) atoms. The van der Waals surface area contributed by atoms with Crippen LogP contribution in [0.3, 0.4) is 0 Å². The zero-order chi connectivity index (χ0) is 66.0. The number of carbonyl (C=O) groups is 4. The lowest BCUT2D eigenvalue weighted by molar-refractivity contribution is 0.0877. The van der Waals surface area contributed by atoms with E-state index in [-0.39, 0.29) is 106 Å². The Hall–Kier alpha value is -9.96. The molecule has 11 aromatic rings. The largest absolute Gasteiger partial charge is 0.457 e. The van der Waals surface area contributed by atoms with Crippen LogP contribution in [0.5, 0.6) is 46.0 Å². The quantitative estimate of drug-likeness (QED) is 0.0286. The summed E-state index contributed by atoms with van der Waals surface area (Å²) in [6.45, 7) is 15.9. The summed E-state index contributed by atoms with van der Waals surface area (Å²) < 4.78 is 29.0. The highest BCUT2D eigenvalue weighted by Gasteiger charge is 2.44. The maximum Gasteiger partial charge on any atom is 0.266 e. The summed E-state index contributed by atoms with van der Waals surface area (Å²) in [5.41, 5.74) is 8.09. The van der Waals surface area contributed by atoms with Crippen LogP contribution in [-0.2, 0) is 25.7 Å². The number of carbonyl (C=O) groups excluding carboxylic acids is 4. The summed E-state index contributed by atoms with van der Waals surface area (Å²) in [7, 11) is 0. The molecule has 2 heterocycles. The number of hydrogen-bond donors (Lipinski definition) is 4. The van der Waals surface area contributed by atoms with E-state index in [1.54, 1.807) is 72.8 Å². The predicted molar refractivity (Wildman–Crippen MR) is 368 cm³/mol. The van der Waals surface area contributed by atoms with Crippen LogP contribution in [0.1, 0.15) is 165 Å². The molecule has 0 atom stereocenters. The van der Waals surface area contributed by atoms with Gasteiger partial charge in [-0.25, -0.2) is 9.80 Å². The summed E-state index contributed by atoms with van der Waals surface area (Å²) in [6, 6.07) is 47.5. The number of benzene rings is 11. The molecule has 2 aliphatic rings. The fourth-order valence-electron chi connectivity index (χ4n) is 13.7. The summed E-state index contributed by atoms with van der Waals surface area (Å²) in [6.07, 6.45) is 1.55. The molecule has 0 unspecified atom stereocenters. The SMILES string of the molecule is CC(C)c1cccc(C(C)C)c1N1C(=O)c2cc(Oc3ccc(CCO)cc3)c3c4c(Oc5ccc(CCO)cc5)cc5c6c(cc(Oc7ccc(CCO)cc7)c(c7c(Oc8ccc(CCO)cc8)cc(c2c37)C1=O)c64)C(=O)N(c1c(C(C)C)cccc1C(C)C)C5=O. The lowest BCUT2D eigenvalue weighted by Crippen LogP contribution is -2.42. The Kier molecular flexibility index (Phi) is 17.0. The lowest BCUT2D eigenvalue weighted by atomic mass is 9.80. The molecule has 0 saturated carbocycles. The summed E-state index contributed by atoms with van der Waals surface area (Å²) >= 11 is 0. The van der Waals surface area contributed by atoms with Gasteiger partial charge in [0.15, 0.2) is 0 Å². The Balaban J connectivity index is 1.25. The summed E-state index contributed by atoms with van der Waals surface area (Å²) in [5.74, 6) is -0.835. The number of aliphatic hydroxyl groups excluding tert-OH is 4. The molecule has 0 aromatic heterocycles. The molecule has 4 amide bonds. The van der Waals surface area contributed by atoms with Gasteiger partial charge in [-0.3, -0.25) is 19.2 Å². The molecule has 11 aromatic carbocycles. The van der Waals surface area contributed by atoms with Crippen molar-refractivity contribution in [2.24, 2.45) is 0 Å². The number of amides is 4. The monoisotopic (exact) mass is 1250 g/mol. The van der Waals surface area contributed by atoms with Crippen molar-refractivity contribution in [2.45, 2.75) is 105 Å². The van der Waals surface area contributed by atoms with Gasteiger partial charge in [0.2, 0.25) is 0 Å². The Morgan fingerprint density at radius 2 is 0.511 bits per heavy atom. The van der Waals surface area contributed by atoms with Crippen LogP contribution in [0.15, 0.2) is 158 Å². The van der Waals surface area contributed by atoms with E-state index in [1.165, 1.54) is 9.80 Å². The average molecular weight is 1260 g/mol. The van der Waals surface area contributed by atoms with E-state index < -0.39 is 23.6 Å². The molecule has 0 aliphatic carbocycles. The summed E-state index contributed by atoms with van der Waals surface area (Å²) in [4.78, 5) is 68.1. The molecule has 4 N–H and O–H groups in total. The maximum absolute atomic E-state index is 16.4. The van der Waals surface area contributed by atoms with Gasteiger partial charge in [-0.2, -0.15) is 0 Å². The molecule has 0 fully saturated rings. The van der Waals surface area contributed by atoms with Gasteiger partial charge < -0.3 is 39.4 Å². The highest BCUT2D eigenvalue weighted by molar-refractivity contribution is 6.48. The van der Waals surface area contributed by atoms with Crippen molar-refractivity contribution in [1.82, 2.24) is 0 Å². The highest BCUT2D eigenvalue weighted by Crippen LogP contribution is 2.59. The molecule has 14 nitrogen and oxygen atoms in total. The van der Waals surface area contributed by atoms with Crippen LogP contribution in [-0.4, -0.2) is 70.5 Å². The van der Waals surface area contributed by atoms with E-state index in [0.717, 1.165) is 44.5 Å². The number of para-hydroxylation sites is 2. The van der Waals surface area contributed by atoms with Crippen LogP contribution >= 0.6 is 0 Å². The predicted octanol–water partition coefficient (Wildman–Crippen LogP) is 17.1. The fourth-order valence-corrected chi connectivity index (χ4v) is 13.7. The number of rotatable bonds is 22. The minimum Gasteiger partial charge on any atom is -0.457 e. The van der Waals surface area contributed by atoms with Crippen molar-refractivity contribution in [3.05, 3.63) is 224 Å². The van der Waals surface area contributed by atoms with Gasteiger partial charge in [0.1, 0.15) is 46.0 Å². The molecule has 2 aliphatic heterocycles. The standard InChI is InChI=1S/C80H74N2O12/c1-43(2)55-11-9-12-56(44(3)4)75(55)81-77(87)59-39-63(91-51-23-15-47(16-24-51)31-35-83)69-71-65(93-53-27-19-49(20-28-53)33-37-85)41-61-68-62(80(90)82(79(61)89)76-57(45(5)6)13-10-14-58(76)46(7)8)42-66(94-54-29-21-50(22-30-54)34-38-86)72(74(68)71)70-64(40-60(78(81)88)67(59)73(69)70)92-52-25-17-48(18-26-52)32-36-84/h9-30,39-46,83-86H,31-38H2,1-8H3. The first-order chi connectivity index (χ1) is 45.4. The minimum absolute atomic E-state index is 0.0799. The Labute approximate surface area is 545 Å². The number of ether oxygens (including phenoxy) is 4. The molecule has 14 heteroatoms. The van der Waals surface area contributed by atoms with Crippen LogP contribution in [0.25, 0.3) is 43.1 Å². The third-order valence-electron chi connectivity index (χ3n) is 18.2. The number of nitrogens with zero attached hydrogens (tertiary/aromatic N) is 2. The number of fused-ring (bicyclic) bond motifs is 2. The van der Waals surface area contributed by atoms with Crippen LogP contribution in [0, 0.1) is 0 Å². The van der Waals surface area contributed by atoms with Gasteiger partial charge in [0.05, 0.1) is 33.6 Å². The number of anilines is 2. The second kappa shape index (κ2) is 25.5. The van der Waals surface area contributed by atoms with Gasteiger partial charge in [0, 0.05) is 69.5 Å². The Morgan fingerprint density at radius 1 is 0.298 bits per heavy atom. The molecular weight excluding hydrogens is 1180 g/mol. The van der Waals surface area contributed by atoms with Gasteiger partial charge >= 0.3 is 0 Å². The molecule has 0 radical (unpaired) electrons. The van der Waals surface area contributed by atoms with Gasteiger partial charge in [-0.1, -0.05) is 140 Å². The second-order valence-electron chi connectivity index (χ2n) is 25.6. The lowest BCUT2D eigenvalue weighted by Gasteiger charge is -2.35. The highest BCUT2D eigenvalue weighted by atomic mass is 16.5. The van der Waals surface area contributed by atoms with E-state index in [0.29, 0.717) is 92.4 Å². The van der Waals surface area contributed by atoms with Crippen molar-refractivity contribution in [3.63, 3.8) is 0 Å². The van der Waals surface area contributed by atoms with Crippen LogP contribution in [0.2, 0.25) is 0 Å². The molecule has 13 rings (SSSR count). The van der Waals surface area contributed by atoms with Crippen molar-refractivity contribution in [3.8, 4) is 46.0 Å². The number of hydrogen-bond acceptors (Lipinski definition) is 12. The summed E-state index contributed by atoms with van der Waals surface area (Å²) in [5, 5.41) is 42.6. The van der Waals surface area contributed by atoms with E-state index in [1.807, 2.05) is 140 Å². The average Bonchev–Trinajstić information content (AvgIpc) is 0.672. The van der Waals surface area contributed by atoms with Gasteiger partial charge in [-0.05, 0) is 167 Å². The topological polar surface area (TPSA) is 193 Å². The Bertz CT molecular complexity index is 4210. The Morgan fingerprint density at radius 3 is 0.702 bits per heavy atom.